The van der Waals surface area contributed by atoms with Crippen molar-refractivity contribution in [3.05, 3.63) is 72.8 Å². The molecule has 118 valence electrons. The number of nitro benzene ring substituents is 1. The van der Waals surface area contributed by atoms with Gasteiger partial charge in [-0.25, -0.2) is 4.79 Å². The molecule has 1 amide bonds. The molecule has 0 saturated heterocycles. The number of rotatable bonds is 5. The standard InChI is InChI=1S/C15H11IN2O5/c16-12-5-3-9(4-6-12)15(20)23-8-11-2-1-10(14(17)19)7-13(11)18(21)22/h1-7H,8H2,(H2,17,19). The Balaban J connectivity index is 2.16. The van der Waals surface area contributed by atoms with Gasteiger partial charge in [0.1, 0.15) is 6.61 Å². The van der Waals surface area contributed by atoms with Gasteiger partial charge in [-0.15, -0.1) is 0 Å². The summed E-state index contributed by atoms with van der Waals surface area (Å²) in [6.45, 7) is -0.278. The van der Waals surface area contributed by atoms with E-state index in [4.69, 9.17) is 10.5 Å². The Morgan fingerprint density at radius 3 is 2.30 bits per heavy atom. The lowest BCUT2D eigenvalue weighted by molar-refractivity contribution is -0.385. The van der Waals surface area contributed by atoms with Gasteiger partial charge >= 0.3 is 5.97 Å². The van der Waals surface area contributed by atoms with Gasteiger partial charge in [0.2, 0.25) is 5.91 Å². The highest BCUT2D eigenvalue weighted by Crippen LogP contribution is 2.21. The Kier molecular flexibility index (Phi) is 5.27. The van der Waals surface area contributed by atoms with Crippen LogP contribution in [0.15, 0.2) is 42.5 Å². The second-order valence-electron chi connectivity index (χ2n) is 4.55. The minimum Gasteiger partial charge on any atom is -0.457 e. The molecule has 0 saturated carbocycles. The number of hydrogen-bond donors (Lipinski definition) is 1. The van der Waals surface area contributed by atoms with Crippen molar-refractivity contribution in [2.75, 3.05) is 0 Å². The normalized spacial score (nSPS) is 10.1. The van der Waals surface area contributed by atoms with Crippen molar-refractivity contribution in [2.45, 2.75) is 6.61 Å². The van der Waals surface area contributed by atoms with Crippen molar-refractivity contribution in [3.63, 3.8) is 0 Å². The maximum absolute atomic E-state index is 11.9. The van der Waals surface area contributed by atoms with Gasteiger partial charge in [0, 0.05) is 15.2 Å². The molecule has 0 heterocycles. The van der Waals surface area contributed by atoms with Crippen LogP contribution in [0.4, 0.5) is 5.69 Å². The van der Waals surface area contributed by atoms with Crippen LogP contribution < -0.4 is 5.73 Å². The molecule has 0 aliphatic carbocycles. The summed E-state index contributed by atoms with van der Waals surface area (Å²) >= 11 is 2.11. The Hall–Kier alpha value is -2.49. The SMILES string of the molecule is NC(=O)c1ccc(COC(=O)c2ccc(I)cc2)c([N+](=O)[O-])c1. The summed E-state index contributed by atoms with van der Waals surface area (Å²) in [4.78, 5) is 33.4. The summed E-state index contributed by atoms with van der Waals surface area (Å²) in [5, 5.41) is 11.1. The second-order valence-corrected chi connectivity index (χ2v) is 5.79. The fourth-order valence-electron chi connectivity index (χ4n) is 1.82. The topological polar surface area (TPSA) is 113 Å². The number of nitro groups is 1. The van der Waals surface area contributed by atoms with E-state index in [1.165, 1.54) is 12.1 Å². The highest BCUT2D eigenvalue weighted by Gasteiger charge is 2.18. The number of nitrogens with two attached hydrogens (primary N) is 1. The molecule has 0 unspecified atom stereocenters. The number of carbonyl (C=O) groups is 2. The molecule has 0 radical (unpaired) electrons. The fourth-order valence-corrected chi connectivity index (χ4v) is 2.18. The van der Waals surface area contributed by atoms with Gasteiger partial charge in [0.25, 0.3) is 5.69 Å². The zero-order valence-corrected chi connectivity index (χ0v) is 13.8. The summed E-state index contributed by atoms with van der Waals surface area (Å²) in [5.41, 5.74) is 5.32. The molecule has 0 aliphatic heterocycles. The van der Waals surface area contributed by atoms with E-state index in [1.54, 1.807) is 24.3 Å². The molecular formula is C15H11IN2O5. The highest BCUT2D eigenvalue weighted by atomic mass is 127. The molecule has 2 N–H and O–H groups in total. The van der Waals surface area contributed by atoms with Crippen LogP contribution in [0.2, 0.25) is 0 Å². The average molecular weight is 426 g/mol. The van der Waals surface area contributed by atoms with E-state index in [0.29, 0.717) is 5.56 Å². The number of halogens is 1. The number of amides is 1. The predicted octanol–water partition coefficient (Wildman–Crippen LogP) is 2.66. The molecule has 0 bridgehead atoms. The van der Waals surface area contributed by atoms with E-state index < -0.39 is 16.8 Å². The molecule has 0 aliphatic rings. The first-order valence-corrected chi connectivity index (χ1v) is 7.46. The molecule has 0 spiro atoms. The highest BCUT2D eigenvalue weighted by molar-refractivity contribution is 14.1. The third-order valence-corrected chi connectivity index (χ3v) is 3.72. The molecule has 0 aromatic heterocycles. The van der Waals surface area contributed by atoms with E-state index in [0.717, 1.165) is 9.64 Å². The monoisotopic (exact) mass is 426 g/mol. The zero-order chi connectivity index (χ0) is 17.0. The van der Waals surface area contributed by atoms with Crippen LogP contribution >= 0.6 is 22.6 Å². The Labute approximate surface area is 144 Å². The van der Waals surface area contributed by atoms with Crippen LogP contribution in [-0.4, -0.2) is 16.8 Å². The summed E-state index contributed by atoms with van der Waals surface area (Å²) in [7, 11) is 0. The van der Waals surface area contributed by atoms with E-state index in [9.17, 15) is 19.7 Å². The van der Waals surface area contributed by atoms with E-state index in [2.05, 4.69) is 22.6 Å². The number of carbonyl (C=O) groups excluding carboxylic acids is 2. The number of hydrogen-bond acceptors (Lipinski definition) is 5. The molecule has 0 atom stereocenters. The van der Waals surface area contributed by atoms with Crippen LogP contribution in [0.3, 0.4) is 0 Å². The molecule has 2 aromatic carbocycles. The number of benzene rings is 2. The lowest BCUT2D eigenvalue weighted by atomic mass is 10.1. The van der Waals surface area contributed by atoms with Gasteiger partial charge in [-0.3, -0.25) is 14.9 Å². The van der Waals surface area contributed by atoms with Gasteiger partial charge in [-0.1, -0.05) is 0 Å². The van der Waals surface area contributed by atoms with Crippen molar-refractivity contribution in [1.82, 2.24) is 0 Å². The van der Waals surface area contributed by atoms with E-state index in [-0.39, 0.29) is 23.4 Å². The minimum atomic E-state index is -0.768. The third kappa shape index (κ3) is 4.25. The van der Waals surface area contributed by atoms with Crippen molar-refractivity contribution < 1.29 is 19.2 Å². The lowest BCUT2D eigenvalue weighted by Gasteiger charge is -2.07. The van der Waals surface area contributed by atoms with Crippen molar-refractivity contribution in [3.8, 4) is 0 Å². The van der Waals surface area contributed by atoms with Crippen molar-refractivity contribution >= 4 is 40.2 Å². The third-order valence-electron chi connectivity index (χ3n) is 3.01. The molecule has 7 nitrogen and oxygen atoms in total. The summed E-state index contributed by atoms with van der Waals surface area (Å²) in [5.74, 6) is -1.36. The molecule has 0 fully saturated rings. The first kappa shape index (κ1) is 16.9. The van der Waals surface area contributed by atoms with Crippen LogP contribution in [0.25, 0.3) is 0 Å². The molecular weight excluding hydrogens is 415 g/mol. The van der Waals surface area contributed by atoms with Gasteiger partial charge in [-0.2, -0.15) is 0 Å². The van der Waals surface area contributed by atoms with Gasteiger partial charge in [-0.05, 0) is 59.0 Å². The Morgan fingerprint density at radius 1 is 1.13 bits per heavy atom. The molecule has 2 aromatic rings. The van der Waals surface area contributed by atoms with Crippen LogP contribution in [0.1, 0.15) is 26.3 Å². The van der Waals surface area contributed by atoms with Gasteiger partial charge in [0.05, 0.1) is 16.1 Å². The maximum Gasteiger partial charge on any atom is 0.338 e. The zero-order valence-electron chi connectivity index (χ0n) is 11.7. The smallest absolute Gasteiger partial charge is 0.338 e. The fraction of sp³-hybridized carbons (Fsp3) is 0.0667. The second kappa shape index (κ2) is 7.18. The lowest BCUT2D eigenvalue weighted by Crippen LogP contribution is -2.12. The largest absolute Gasteiger partial charge is 0.457 e. The number of esters is 1. The van der Waals surface area contributed by atoms with Crippen LogP contribution in [0, 0.1) is 13.7 Å². The Morgan fingerprint density at radius 2 is 1.74 bits per heavy atom. The summed E-state index contributed by atoms with van der Waals surface area (Å²) in [6.07, 6.45) is 0. The maximum atomic E-state index is 11.9. The molecule has 8 heteroatoms. The number of ether oxygens (including phenoxy) is 1. The van der Waals surface area contributed by atoms with E-state index >= 15 is 0 Å². The average Bonchev–Trinajstić information content (AvgIpc) is 2.52. The Bertz CT molecular complexity index is 774. The molecule has 2 rings (SSSR count). The minimum absolute atomic E-state index is 0.0180. The summed E-state index contributed by atoms with van der Waals surface area (Å²) < 4.78 is 6.05. The van der Waals surface area contributed by atoms with Crippen molar-refractivity contribution in [2.24, 2.45) is 5.73 Å². The number of nitrogens with zero attached hydrogens (tertiary/aromatic N) is 1. The predicted molar refractivity (Wildman–Crippen MR) is 89.9 cm³/mol. The number of primary amides is 1. The molecule has 23 heavy (non-hydrogen) atoms. The van der Waals surface area contributed by atoms with Crippen molar-refractivity contribution in [1.29, 1.82) is 0 Å². The van der Waals surface area contributed by atoms with Gasteiger partial charge < -0.3 is 10.5 Å². The first-order chi connectivity index (χ1) is 10.9. The van der Waals surface area contributed by atoms with Crippen LogP contribution in [0.5, 0.6) is 0 Å². The summed E-state index contributed by atoms with van der Waals surface area (Å²) in [6, 6.07) is 10.5. The van der Waals surface area contributed by atoms with Gasteiger partial charge in [0.15, 0.2) is 0 Å². The first-order valence-electron chi connectivity index (χ1n) is 6.38. The van der Waals surface area contributed by atoms with Crippen LogP contribution in [-0.2, 0) is 11.3 Å². The quantitative estimate of drug-likeness (QED) is 0.342. The van der Waals surface area contributed by atoms with E-state index in [1.807, 2.05) is 0 Å².